The van der Waals surface area contributed by atoms with Crippen molar-refractivity contribution in [1.29, 1.82) is 0 Å². The van der Waals surface area contributed by atoms with Crippen molar-refractivity contribution in [2.75, 3.05) is 25.0 Å². The summed E-state index contributed by atoms with van der Waals surface area (Å²) in [6, 6.07) is 7.63. The third-order valence-electron chi connectivity index (χ3n) is 3.98. The van der Waals surface area contributed by atoms with Gasteiger partial charge in [-0.05, 0) is 44.0 Å². The number of benzene rings is 1. The Morgan fingerprint density at radius 3 is 2.52 bits per heavy atom. The first-order chi connectivity index (χ1) is 13.8. The molecule has 2 heterocycles. The van der Waals surface area contributed by atoms with E-state index < -0.39 is 18.2 Å². The Morgan fingerprint density at radius 1 is 1.28 bits per heavy atom. The second kappa shape index (κ2) is 10.8. The molecule has 1 aromatic heterocycles. The Bertz CT molecular complexity index is 794. The zero-order valence-electron chi connectivity index (χ0n) is 15.2. The van der Waals surface area contributed by atoms with Crippen LogP contribution in [-0.4, -0.2) is 48.0 Å². The molecular formula is C18H20F3N3O4S. The van der Waals surface area contributed by atoms with Crippen LogP contribution in [0.5, 0.6) is 0 Å². The number of nitrogens with zero attached hydrogens (tertiary/aromatic N) is 1. The monoisotopic (exact) mass is 431 g/mol. The van der Waals surface area contributed by atoms with E-state index in [0.717, 1.165) is 42.2 Å². The quantitative estimate of drug-likeness (QED) is 0.677. The van der Waals surface area contributed by atoms with Gasteiger partial charge in [0, 0.05) is 17.1 Å². The van der Waals surface area contributed by atoms with E-state index in [-0.39, 0.29) is 0 Å². The van der Waals surface area contributed by atoms with Gasteiger partial charge in [0.1, 0.15) is 5.01 Å². The average molecular weight is 431 g/mol. The molecule has 0 bridgehead atoms. The number of carboxylic acids is 1. The van der Waals surface area contributed by atoms with Gasteiger partial charge in [-0.25, -0.2) is 14.6 Å². The Kier molecular flexibility index (Phi) is 8.40. The van der Waals surface area contributed by atoms with Crippen molar-refractivity contribution < 1.29 is 32.6 Å². The number of thiazole rings is 1. The molecule has 29 heavy (non-hydrogen) atoms. The van der Waals surface area contributed by atoms with Crippen LogP contribution in [0.2, 0.25) is 0 Å². The number of piperidine rings is 1. The van der Waals surface area contributed by atoms with Crippen LogP contribution in [0.15, 0.2) is 35.8 Å². The van der Waals surface area contributed by atoms with Gasteiger partial charge in [0.15, 0.2) is 0 Å². The number of para-hydroxylation sites is 1. The molecule has 1 saturated heterocycles. The summed E-state index contributed by atoms with van der Waals surface area (Å²) in [7, 11) is 0. The number of halogens is 3. The molecule has 0 spiro atoms. The lowest BCUT2D eigenvalue weighted by Gasteiger charge is -2.22. The number of nitrogens with one attached hydrogen (secondary N) is 2. The summed E-state index contributed by atoms with van der Waals surface area (Å²) >= 11 is 1.54. The maximum absolute atomic E-state index is 12.0. The van der Waals surface area contributed by atoms with E-state index >= 15 is 0 Å². The lowest BCUT2D eigenvalue weighted by molar-refractivity contribution is -0.192. The van der Waals surface area contributed by atoms with Gasteiger partial charge in [0.25, 0.3) is 0 Å². The molecule has 7 nitrogen and oxygen atoms in total. The number of anilines is 1. The fourth-order valence-corrected chi connectivity index (χ4v) is 3.20. The Labute approximate surface area is 168 Å². The molecule has 1 aliphatic heterocycles. The molecule has 1 aromatic carbocycles. The molecule has 2 aromatic rings. The highest BCUT2D eigenvalue weighted by Gasteiger charge is 2.38. The van der Waals surface area contributed by atoms with Crippen molar-refractivity contribution >= 4 is 29.1 Å². The third kappa shape index (κ3) is 7.70. The van der Waals surface area contributed by atoms with E-state index in [4.69, 9.17) is 14.6 Å². The fraction of sp³-hybridized carbons (Fsp3) is 0.389. The van der Waals surface area contributed by atoms with Crippen LogP contribution in [0.3, 0.4) is 0 Å². The molecule has 0 saturated carbocycles. The summed E-state index contributed by atoms with van der Waals surface area (Å²) in [5, 5.41) is 16.1. The molecule has 11 heteroatoms. The third-order valence-corrected chi connectivity index (χ3v) is 4.78. The van der Waals surface area contributed by atoms with Gasteiger partial charge < -0.3 is 15.2 Å². The van der Waals surface area contributed by atoms with E-state index in [1.54, 1.807) is 17.5 Å². The minimum atomic E-state index is -5.08. The Hall–Kier alpha value is -2.66. The number of ether oxygens (including phenoxy) is 1. The van der Waals surface area contributed by atoms with Crippen molar-refractivity contribution in [3.63, 3.8) is 0 Å². The molecule has 1 aliphatic rings. The maximum Gasteiger partial charge on any atom is 0.490 e. The Morgan fingerprint density at radius 2 is 1.93 bits per heavy atom. The van der Waals surface area contributed by atoms with E-state index in [9.17, 15) is 18.0 Å². The summed E-state index contributed by atoms with van der Waals surface area (Å²) in [6.07, 6.45) is -1.61. The van der Waals surface area contributed by atoms with Crippen molar-refractivity contribution in [2.24, 2.45) is 5.92 Å². The number of carbonyl (C=O) groups is 2. The van der Waals surface area contributed by atoms with Gasteiger partial charge in [-0.15, -0.1) is 11.3 Å². The van der Waals surface area contributed by atoms with Gasteiger partial charge in [-0.2, -0.15) is 13.2 Å². The number of hydrogen-bond acceptors (Lipinski definition) is 6. The molecular weight excluding hydrogens is 411 g/mol. The SMILES string of the molecule is O=C(Nc1ccccc1-c1nccs1)OCC1CCNCC1.O=C(O)C(F)(F)F. The normalized spacial score (nSPS) is 14.4. The van der Waals surface area contributed by atoms with Crippen molar-refractivity contribution in [3.05, 3.63) is 35.8 Å². The van der Waals surface area contributed by atoms with Crippen LogP contribution in [0.4, 0.5) is 23.7 Å². The van der Waals surface area contributed by atoms with E-state index in [0.29, 0.717) is 12.5 Å². The highest BCUT2D eigenvalue weighted by molar-refractivity contribution is 7.13. The first-order valence-corrected chi connectivity index (χ1v) is 9.59. The zero-order chi connectivity index (χ0) is 21.3. The standard InChI is InChI=1S/C16H19N3O2S.C2HF3O2/c20-16(21-11-12-5-7-17-8-6-12)19-14-4-2-1-3-13(14)15-18-9-10-22-15;3-2(4,5)1(6)7/h1-4,9-10,12,17H,5-8,11H2,(H,19,20);(H,6,7). The molecule has 1 amide bonds. The molecule has 0 aliphatic carbocycles. The number of carbonyl (C=O) groups excluding carboxylic acids is 1. The van der Waals surface area contributed by atoms with Crippen LogP contribution in [0.1, 0.15) is 12.8 Å². The summed E-state index contributed by atoms with van der Waals surface area (Å²) in [4.78, 5) is 25.2. The number of aliphatic carboxylic acids is 1. The number of alkyl halides is 3. The summed E-state index contributed by atoms with van der Waals surface area (Å²) in [5.41, 5.74) is 1.64. The van der Waals surface area contributed by atoms with Gasteiger partial charge in [-0.1, -0.05) is 12.1 Å². The number of carboxylic acid groups (broad SMARTS) is 1. The minimum absolute atomic E-state index is 0.400. The van der Waals surface area contributed by atoms with E-state index in [1.807, 2.05) is 29.6 Å². The first-order valence-electron chi connectivity index (χ1n) is 8.71. The van der Waals surface area contributed by atoms with Gasteiger partial charge in [-0.3, -0.25) is 5.32 Å². The second-order valence-electron chi connectivity index (χ2n) is 6.10. The molecule has 0 atom stereocenters. The van der Waals surface area contributed by atoms with Crippen LogP contribution in [-0.2, 0) is 9.53 Å². The predicted molar refractivity (Wildman–Crippen MR) is 102 cm³/mol. The molecule has 3 N–H and O–H groups in total. The van der Waals surface area contributed by atoms with Gasteiger partial charge >= 0.3 is 18.2 Å². The minimum Gasteiger partial charge on any atom is -0.475 e. The second-order valence-corrected chi connectivity index (χ2v) is 7.00. The molecule has 158 valence electrons. The summed E-state index contributed by atoms with van der Waals surface area (Å²) in [5.74, 6) is -2.30. The van der Waals surface area contributed by atoms with Crippen LogP contribution >= 0.6 is 11.3 Å². The Balaban J connectivity index is 0.000000370. The topological polar surface area (TPSA) is 101 Å². The molecule has 3 rings (SSSR count). The lowest BCUT2D eigenvalue weighted by atomic mass is 9.99. The fourth-order valence-electron chi connectivity index (χ4n) is 2.52. The highest BCUT2D eigenvalue weighted by atomic mass is 32.1. The molecule has 0 unspecified atom stereocenters. The molecule has 1 fully saturated rings. The summed E-state index contributed by atoms with van der Waals surface area (Å²) in [6.45, 7) is 2.48. The van der Waals surface area contributed by atoms with Crippen LogP contribution < -0.4 is 10.6 Å². The van der Waals surface area contributed by atoms with E-state index in [2.05, 4.69) is 15.6 Å². The smallest absolute Gasteiger partial charge is 0.475 e. The predicted octanol–water partition coefficient (Wildman–Crippen LogP) is 3.99. The number of rotatable bonds is 4. The largest absolute Gasteiger partial charge is 0.490 e. The number of amides is 1. The number of hydrogen-bond donors (Lipinski definition) is 3. The summed E-state index contributed by atoms with van der Waals surface area (Å²) < 4.78 is 37.1. The van der Waals surface area contributed by atoms with Crippen molar-refractivity contribution in [1.82, 2.24) is 10.3 Å². The number of aromatic nitrogens is 1. The van der Waals surface area contributed by atoms with Crippen molar-refractivity contribution in [3.8, 4) is 10.6 Å². The van der Waals surface area contributed by atoms with Gasteiger partial charge in [0.2, 0.25) is 0 Å². The average Bonchev–Trinajstić information content (AvgIpc) is 3.22. The first kappa shape index (κ1) is 22.6. The lowest BCUT2D eigenvalue weighted by Crippen LogP contribution is -2.31. The highest BCUT2D eigenvalue weighted by Crippen LogP contribution is 2.29. The van der Waals surface area contributed by atoms with Gasteiger partial charge in [0.05, 0.1) is 12.3 Å². The molecule has 0 radical (unpaired) electrons. The van der Waals surface area contributed by atoms with Crippen molar-refractivity contribution in [2.45, 2.75) is 19.0 Å². The van der Waals surface area contributed by atoms with E-state index in [1.165, 1.54) is 0 Å². The zero-order valence-corrected chi connectivity index (χ0v) is 16.1. The van der Waals surface area contributed by atoms with Crippen LogP contribution in [0, 0.1) is 5.92 Å². The van der Waals surface area contributed by atoms with Crippen LogP contribution in [0.25, 0.3) is 10.6 Å². The maximum atomic E-state index is 12.0.